The average molecular weight is 419 g/mol. The fourth-order valence-electron chi connectivity index (χ4n) is 3.43. The number of piperidine rings is 1. The largest absolute Gasteiger partial charge is 0.496 e. The van der Waals surface area contributed by atoms with Crippen molar-refractivity contribution in [3.63, 3.8) is 0 Å². The monoisotopic (exact) mass is 418 g/mol. The quantitative estimate of drug-likeness (QED) is 0.779. The second kappa shape index (κ2) is 8.84. The van der Waals surface area contributed by atoms with Crippen LogP contribution in [0.1, 0.15) is 28.8 Å². The molecule has 0 atom stereocenters. The van der Waals surface area contributed by atoms with E-state index in [4.69, 9.17) is 9.47 Å². The smallest absolute Gasteiger partial charge is 0.261 e. The highest BCUT2D eigenvalue weighted by molar-refractivity contribution is 7.89. The number of benzene rings is 2. The van der Waals surface area contributed by atoms with Crippen LogP contribution >= 0.6 is 0 Å². The second-order valence-electron chi connectivity index (χ2n) is 7.04. The van der Waals surface area contributed by atoms with E-state index in [1.807, 2.05) is 6.92 Å². The molecule has 156 valence electrons. The van der Waals surface area contributed by atoms with Gasteiger partial charge in [0.05, 0.1) is 19.1 Å². The lowest BCUT2D eigenvalue weighted by Gasteiger charge is -2.32. The zero-order chi connectivity index (χ0) is 21.0. The number of aryl methyl sites for hydroxylation is 1. The van der Waals surface area contributed by atoms with E-state index in [9.17, 15) is 13.2 Å². The van der Waals surface area contributed by atoms with Crippen LogP contribution in [0, 0.1) is 6.92 Å². The Labute approximate surface area is 171 Å². The molecule has 0 aromatic heterocycles. The van der Waals surface area contributed by atoms with Gasteiger partial charge in [0.1, 0.15) is 17.1 Å². The highest BCUT2D eigenvalue weighted by Crippen LogP contribution is 2.30. The van der Waals surface area contributed by atoms with Crippen molar-refractivity contribution in [2.45, 2.75) is 30.7 Å². The molecule has 1 heterocycles. The van der Waals surface area contributed by atoms with Gasteiger partial charge in [0, 0.05) is 19.1 Å². The molecule has 8 heteroatoms. The first-order valence-electron chi connectivity index (χ1n) is 9.45. The summed E-state index contributed by atoms with van der Waals surface area (Å²) >= 11 is 0. The van der Waals surface area contributed by atoms with Gasteiger partial charge in [-0.1, -0.05) is 23.8 Å². The maximum absolute atomic E-state index is 13.0. The van der Waals surface area contributed by atoms with Crippen LogP contribution < -0.4 is 14.2 Å². The van der Waals surface area contributed by atoms with Gasteiger partial charge in [-0.25, -0.2) is 13.1 Å². The third kappa shape index (κ3) is 4.71. The molecule has 1 aliphatic rings. The lowest BCUT2D eigenvalue weighted by Crippen LogP contribution is -2.46. The van der Waals surface area contributed by atoms with Crippen LogP contribution in [0.2, 0.25) is 0 Å². The van der Waals surface area contributed by atoms with Crippen molar-refractivity contribution >= 4 is 15.9 Å². The summed E-state index contributed by atoms with van der Waals surface area (Å²) in [6, 6.07) is 11.7. The highest BCUT2D eigenvalue weighted by atomic mass is 32.2. The van der Waals surface area contributed by atoms with E-state index in [0.29, 0.717) is 43.0 Å². The fraction of sp³-hybridized carbons (Fsp3) is 0.381. The van der Waals surface area contributed by atoms with E-state index >= 15 is 0 Å². The molecule has 2 aromatic carbocycles. The van der Waals surface area contributed by atoms with E-state index in [-0.39, 0.29) is 16.8 Å². The number of ether oxygens (including phenoxy) is 2. The summed E-state index contributed by atoms with van der Waals surface area (Å²) in [5.74, 6) is 0.729. The normalized spacial score (nSPS) is 15.2. The standard InChI is InChI=1S/C21H26N2O5S/c1-15-7-9-17(10-8-15)29(25,26)22-16-11-13-23(14-12-16)21(24)20-18(27-2)5-4-6-19(20)28-3/h4-10,16,22H,11-14H2,1-3H3. The molecule has 0 bridgehead atoms. The van der Waals surface area contributed by atoms with E-state index in [0.717, 1.165) is 5.56 Å². The van der Waals surface area contributed by atoms with Crippen molar-refractivity contribution in [2.24, 2.45) is 0 Å². The molecule has 0 radical (unpaired) electrons. The molecule has 0 saturated carbocycles. The summed E-state index contributed by atoms with van der Waals surface area (Å²) in [6.07, 6.45) is 1.07. The molecular weight excluding hydrogens is 392 g/mol. The number of nitrogens with zero attached hydrogens (tertiary/aromatic N) is 1. The molecule has 0 spiro atoms. The van der Waals surface area contributed by atoms with Crippen LogP contribution in [0.4, 0.5) is 0 Å². The number of hydrogen-bond acceptors (Lipinski definition) is 5. The van der Waals surface area contributed by atoms with Gasteiger partial charge < -0.3 is 14.4 Å². The molecule has 29 heavy (non-hydrogen) atoms. The maximum Gasteiger partial charge on any atom is 0.261 e. The number of amides is 1. The first-order valence-corrected chi connectivity index (χ1v) is 10.9. The maximum atomic E-state index is 13.0. The summed E-state index contributed by atoms with van der Waals surface area (Å²) in [5.41, 5.74) is 1.39. The summed E-state index contributed by atoms with van der Waals surface area (Å²) in [4.78, 5) is 15.0. The molecule has 7 nitrogen and oxygen atoms in total. The van der Waals surface area contributed by atoms with Gasteiger partial charge in [-0.05, 0) is 44.0 Å². The van der Waals surface area contributed by atoms with Gasteiger partial charge in [-0.2, -0.15) is 0 Å². The number of methoxy groups -OCH3 is 2. The Kier molecular flexibility index (Phi) is 6.44. The van der Waals surface area contributed by atoms with Crippen LogP contribution in [0.25, 0.3) is 0 Å². The van der Waals surface area contributed by atoms with Crippen molar-refractivity contribution in [1.29, 1.82) is 0 Å². The van der Waals surface area contributed by atoms with Crippen molar-refractivity contribution in [3.8, 4) is 11.5 Å². The predicted molar refractivity (Wildman–Crippen MR) is 110 cm³/mol. The summed E-state index contributed by atoms with van der Waals surface area (Å²) < 4.78 is 38.6. The Morgan fingerprint density at radius 2 is 1.55 bits per heavy atom. The van der Waals surface area contributed by atoms with Crippen molar-refractivity contribution in [3.05, 3.63) is 53.6 Å². The number of nitrogens with one attached hydrogen (secondary N) is 1. The summed E-state index contributed by atoms with van der Waals surface area (Å²) in [6.45, 7) is 2.80. The Morgan fingerprint density at radius 1 is 1.00 bits per heavy atom. The minimum absolute atomic E-state index is 0.181. The van der Waals surface area contributed by atoms with E-state index < -0.39 is 10.0 Å². The van der Waals surface area contributed by atoms with Crippen LogP contribution in [-0.4, -0.2) is 52.6 Å². The van der Waals surface area contributed by atoms with E-state index in [1.165, 1.54) is 14.2 Å². The summed E-state index contributed by atoms with van der Waals surface area (Å²) in [5, 5.41) is 0. The first kappa shape index (κ1) is 21.1. The molecular formula is C21H26N2O5S. The minimum Gasteiger partial charge on any atom is -0.496 e. The Hall–Kier alpha value is -2.58. The predicted octanol–water partition coefficient (Wildman–Crippen LogP) is 2.60. The van der Waals surface area contributed by atoms with E-state index in [2.05, 4.69) is 4.72 Å². The van der Waals surface area contributed by atoms with Crippen LogP contribution in [0.5, 0.6) is 11.5 Å². The van der Waals surface area contributed by atoms with Gasteiger partial charge in [-0.15, -0.1) is 0 Å². The molecule has 1 aliphatic heterocycles. The molecule has 0 unspecified atom stereocenters. The lowest BCUT2D eigenvalue weighted by molar-refractivity contribution is 0.0704. The molecule has 1 saturated heterocycles. The molecule has 0 aliphatic carbocycles. The van der Waals surface area contributed by atoms with Crippen LogP contribution in [0.3, 0.4) is 0 Å². The number of carbonyl (C=O) groups excluding carboxylic acids is 1. The first-order chi connectivity index (χ1) is 13.9. The number of likely N-dealkylation sites (tertiary alicyclic amines) is 1. The summed E-state index contributed by atoms with van der Waals surface area (Å²) in [7, 11) is -0.558. The lowest BCUT2D eigenvalue weighted by atomic mass is 10.0. The van der Waals surface area contributed by atoms with Crippen LogP contribution in [0.15, 0.2) is 47.4 Å². The van der Waals surface area contributed by atoms with Gasteiger partial charge >= 0.3 is 0 Å². The SMILES string of the molecule is COc1cccc(OC)c1C(=O)N1CCC(NS(=O)(=O)c2ccc(C)cc2)CC1. The topological polar surface area (TPSA) is 84.9 Å². The Morgan fingerprint density at radius 3 is 2.07 bits per heavy atom. The fourth-order valence-corrected chi connectivity index (χ4v) is 4.73. The average Bonchev–Trinajstić information content (AvgIpc) is 2.73. The van der Waals surface area contributed by atoms with Gasteiger partial charge in [0.25, 0.3) is 5.91 Å². The van der Waals surface area contributed by atoms with Gasteiger partial charge in [-0.3, -0.25) is 4.79 Å². The molecule has 1 amide bonds. The zero-order valence-corrected chi connectivity index (χ0v) is 17.7. The molecule has 3 rings (SSSR count). The van der Waals surface area contributed by atoms with Crippen molar-refractivity contribution in [1.82, 2.24) is 9.62 Å². The van der Waals surface area contributed by atoms with Gasteiger partial charge in [0.15, 0.2) is 0 Å². The zero-order valence-electron chi connectivity index (χ0n) is 16.8. The van der Waals surface area contributed by atoms with Gasteiger partial charge in [0.2, 0.25) is 10.0 Å². The highest BCUT2D eigenvalue weighted by Gasteiger charge is 2.29. The number of sulfonamides is 1. The third-order valence-corrected chi connectivity index (χ3v) is 6.61. The molecule has 1 N–H and O–H groups in total. The van der Waals surface area contributed by atoms with Crippen LogP contribution in [-0.2, 0) is 10.0 Å². The Balaban J connectivity index is 1.67. The van der Waals surface area contributed by atoms with Crippen molar-refractivity contribution < 1.29 is 22.7 Å². The number of hydrogen-bond donors (Lipinski definition) is 1. The molecule has 1 fully saturated rings. The number of rotatable bonds is 6. The number of carbonyl (C=O) groups is 1. The third-order valence-electron chi connectivity index (χ3n) is 5.08. The minimum atomic E-state index is -3.58. The second-order valence-corrected chi connectivity index (χ2v) is 8.75. The molecule has 2 aromatic rings. The van der Waals surface area contributed by atoms with E-state index in [1.54, 1.807) is 47.4 Å². The van der Waals surface area contributed by atoms with Crippen molar-refractivity contribution in [2.75, 3.05) is 27.3 Å². The Bertz CT molecular complexity index is 943.